The molecule has 4 aliphatic rings. The summed E-state index contributed by atoms with van der Waals surface area (Å²) in [5.41, 5.74) is 2.18. The molecule has 11 nitrogen and oxygen atoms in total. The van der Waals surface area contributed by atoms with Gasteiger partial charge in [-0.1, -0.05) is 41.6 Å². The minimum Gasteiger partial charge on any atom is -0.360 e. The van der Waals surface area contributed by atoms with Crippen LogP contribution in [0.1, 0.15) is 103 Å². The normalized spacial score (nSPS) is 18.3. The highest BCUT2D eigenvalue weighted by atomic mass is 19.4. The predicted molar refractivity (Wildman–Crippen MR) is 189 cm³/mol. The lowest BCUT2D eigenvalue weighted by molar-refractivity contribution is -0.139. The summed E-state index contributed by atoms with van der Waals surface area (Å²) in [4.78, 5) is 42.6. The third kappa shape index (κ3) is 8.04. The highest BCUT2D eigenvalue weighted by Gasteiger charge is 2.39. The van der Waals surface area contributed by atoms with Crippen LogP contribution in [0.2, 0.25) is 0 Å². The Balaban J connectivity index is 0.000000172. The first-order valence-electron chi connectivity index (χ1n) is 18.6. The largest absolute Gasteiger partial charge is 0.416 e. The maximum absolute atomic E-state index is 13.3. The highest BCUT2D eigenvalue weighted by molar-refractivity contribution is 5.96. The van der Waals surface area contributed by atoms with Crippen LogP contribution in [-0.4, -0.2) is 87.5 Å². The van der Waals surface area contributed by atoms with Gasteiger partial charge in [-0.15, -0.1) is 0 Å². The quantitative estimate of drug-likeness (QED) is 0.232. The van der Waals surface area contributed by atoms with Gasteiger partial charge in [-0.05, 0) is 60.8 Å². The van der Waals surface area contributed by atoms with E-state index < -0.39 is 23.5 Å². The van der Waals surface area contributed by atoms with Crippen molar-refractivity contribution in [3.8, 4) is 0 Å². The molecule has 0 saturated carbocycles. The van der Waals surface area contributed by atoms with E-state index in [1.165, 1.54) is 18.2 Å². The maximum atomic E-state index is 13.3. The molecule has 17 heteroatoms. The summed E-state index contributed by atoms with van der Waals surface area (Å²) in [6.07, 6.45) is -6.03. The number of carbonyl (C=O) groups excluding carboxylic acids is 3. The monoisotopic (exact) mass is 785 g/mol. The topological polar surface area (TPSA) is 128 Å². The lowest BCUT2D eigenvalue weighted by atomic mass is 9.86. The van der Waals surface area contributed by atoms with Crippen LogP contribution >= 0.6 is 0 Å². The van der Waals surface area contributed by atoms with E-state index in [2.05, 4.69) is 20.7 Å². The van der Waals surface area contributed by atoms with Crippen molar-refractivity contribution >= 4 is 17.7 Å². The third-order valence-electron chi connectivity index (χ3n) is 11.2. The second-order valence-electron chi connectivity index (χ2n) is 14.6. The van der Waals surface area contributed by atoms with Gasteiger partial charge in [-0.2, -0.15) is 31.4 Å². The first-order chi connectivity index (χ1) is 26.7. The molecule has 2 aromatic carbocycles. The number of hydrogen-bond donors (Lipinski definition) is 2. The summed E-state index contributed by atoms with van der Waals surface area (Å²) in [7, 11) is 1.69. The van der Waals surface area contributed by atoms with Crippen molar-refractivity contribution in [2.75, 3.05) is 39.8 Å². The Morgan fingerprint density at radius 3 is 1.82 bits per heavy atom. The molecule has 0 unspecified atom stereocenters. The van der Waals surface area contributed by atoms with Gasteiger partial charge in [-0.3, -0.25) is 19.5 Å². The number of H-pyrrole nitrogens is 1. The second kappa shape index (κ2) is 15.7. The molecule has 0 spiro atoms. The fourth-order valence-corrected chi connectivity index (χ4v) is 8.13. The SMILES string of the molecule is CN1Cc2[nH]nc(C(=O)N3CCC(c4ccccc4C(F)(F)F)CC3)c2CC1=O.O=C(c1noc2c1CNCC2)N1CCC(c2ccccc2C(F)(F)F)CC1. The van der Waals surface area contributed by atoms with Crippen LogP contribution in [0.15, 0.2) is 53.1 Å². The number of amides is 3. The van der Waals surface area contributed by atoms with Crippen molar-refractivity contribution < 1.29 is 45.2 Å². The van der Waals surface area contributed by atoms with Crippen LogP contribution in [0.4, 0.5) is 26.3 Å². The minimum atomic E-state index is -4.39. The Hall–Kier alpha value is -5.19. The van der Waals surface area contributed by atoms with Gasteiger partial charge in [0.2, 0.25) is 5.91 Å². The molecule has 8 rings (SSSR count). The van der Waals surface area contributed by atoms with Gasteiger partial charge in [0, 0.05) is 63.9 Å². The van der Waals surface area contributed by atoms with E-state index >= 15 is 0 Å². The number of hydrogen-bond acceptors (Lipinski definition) is 7. The molecule has 6 heterocycles. The Morgan fingerprint density at radius 1 is 0.768 bits per heavy atom. The second-order valence-corrected chi connectivity index (χ2v) is 14.6. The molecule has 56 heavy (non-hydrogen) atoms. The molecule has 0 bridgehead atoms. The molecule has 2 N–H and O–H groups in total. The zero-order valence-electron chi connectivity index (χ0n) is 30.6. The Kier molecular flexibility index (Phi) is 11.0. The van der Waals surface area contributed by atoms with Crippen LogP contribution in [-0.2, 0) is 43.1 Å². The van der Waals surface area contributed by atoms with Crippen molar-refractivity contribution in [2.24, 2.45) is 0 Å². The molecule has 298 valence electrons. The van der Waals surface area contributed by atoms with E-state index in [4.69, 9.17) is 4.52 Å². The Morgan fingerprint density at radius 2 is 1.29 bits per heavy atom. The molecule has 4 aliphatic heterocycles. The summed E-state index contributed by atoms with van der Waals surface area (Å²) in [6, 6.07) is 11.4. The van der Waals surface area contributed by atoms with Gasteiger partial charge >= 0.3 is 12.4 Å². The van der Waals surface area contributed by atoms with Crippen LogP contribution in [0.3, 0.4) is 0 Å². The van der Waals surface area contributed by atoms with Crippen molar-refractivity contribution in [2.45, 2.75) is 75.8 Å². The highest BCUT2D eigenvalue weighted by Crippen LogP contribution is 2.40. The van der Waals surface area contributed by atoms with Crippen LogP contribution < -0.4 is 5.32 Å². The molecule has 3 amide bonds. The standard InChI is InChI=1S/C20H21F3N4O2.C19H20F3N3O2/c1-26-11-16-14(10-17(26)28)18(25-24-16)19(29)27-8-6-12(7-9-27)13-4-2-3-5-15(13)20(21,22)23;20-19(21,22)15-4-2-1-3-13(15)12-6-9-25(10-7-12)18(26)17-14-11-23-8-5-16(14)27-24-17/h2-5,12H,6-11H2,1H3,(H,24,25);1-4,12,23H,5-11H2. The molecular formula is C39H41F6N7O4. The van der Waals surface area contributed by atoms with E-state index in [1.54, 1.807) is 39.9 Å². The van der Waals surface area contributed by atoms with E-state index in [-0.39, 0.29) is 47.2 Å². The fraction of sp³-hybridized carbons (Fsp3) is 0.462. The molecule has 2 fully saturated rings. The number of nitrogens with zero attached hydrogens (tertiary/aromatic N) is 5. The number of halogens is 6. The summed E-state index contributed by atoms with van der Waals surface area (Å²) in [6.45, 7) is 3.24. The zero-order valence-corrected chi connectivity index (χ0v) is 30.6. The van der Waals surface area contributed by atoms with Gasteiger partial charge < -0.3 is 24.5 Å². The van der Waals surface area contributed by atoms with Crippen molar-refractivity contribution in [1.82, 2.24) is 35.4 Å². The van der Waals surface area contributed by atoms with Crippen molar-refractivity contribution in [3.63, 3.8) is 0 Å². The number of carbonyl (C=O) groups is 3. The number of rotatable bonds is 4. The molecule has 0 radical (unpaired) electrons. The first-order valence-corrected chi connectivity index (χ1v) is 18.6. The lowest BCUT2D eigenvalue weighted by Crippen LogP contribution is -2.39. The van der Waals surface area contributed by atoms with Gasteiger partial charge in [0.25, 0.3) is 11.8 Å². The van der Waals surface area contributed by atoms with Gasteiger partial charge in [0.05, 0.1) is 29.8 Å². The number of likely N-dealkylation sites (tertiary alicyclic amines) is 2. The number of nitrogens with one attached hydrogen (secondary N) is 2. The average Bonchev–Trinajstić information content (AvgIpc) is 3.81. The van der Waals surface area contributed by atoms with Crippen LogP contribution in [0, 0.1) is 0 Å². The first kappa shape index (κ1) is 39.1. The number of benzene rings is 2. The van der Waals surface area contributed by atoms with Gasteiger partial charge in [0.15, 0.2) is 11.4 Å². The molecular weight excluding hydrogens is 744 g/mol. The van der Waals surface area contributed by atoms with E-state index in [1.807, 2.05) is 0 Å². The Bertz CT molecular complexity index is 2080. The predicted octanol–water partition coefficient (Wildman–Crippen LogP) is 6.32. The van der Waals surface area contributed by atoms with Crippen LogP contribution in [0.5, 0.6) is 0 Å². The smallest absolute Gasteiger partial charge is 0.360 e. The molecule has 0 atom stereocenters. The Labute approximate surface area is 318 Å². The summed E-state index contributed by atoms with van der Waals surface area (Å²) >= 11 is 0. The lowest BCUT2D eigenvalue weighted by Gasteiger charge is -2.33. The molecule has 0 aliphatic carbocycles. The van der Waals surface area contributed by atoms with Gasteiger partial charge in [-0.25, -0.2) is 0 Å². The van der Waals surface area contributed by atoms with Crippen molar-refractivity contribution in [3.05, 3.63) is 105 Å². The van der Waals surface area contributed by atoms with Crippen LogP contribution in [0.25, 0.3) is 0 Å². The number of aromatic nitrogens is 3. The summed E-state index contributed by atoms with van der Waals surface area (Å²) in [5.74, 6) is -0.268. The average molecular weight is 786 g/mol. The number of fused-ring (bicyclic) bond motifs is 2. The number of likely N-dealkylation sites (N-methyl/N-ethyl adjacent to an activating group) is 1. The fourth-order valence-electron chi connectivity index (χ4n) is 8.13. The van der Waals surface area contributed by atoms with E-state index in [0.29, 0.717) is 88.2 Å². The summed E-state index contributed by atoms with van der Waals surface area (Å²) < 4.78 is 85.0. The van der Waals surface area contributed by atoms with Crippen molar-refractivity contribution in [1.29, 1.82) is 0 Å². The minimum absolute atomic E-state index is 0.0737. The number of piperidine rings is 2. The maximum Gasteiger partial charge on any atom is 0.416 e. The number of aromatic amines is 1. The van der Waals surface area contributed by atoms with E-state index in [9.17, 15) is 40.7 Å². The third-order valence-corrected chi connectivity index (χ3v) is 11.2. The number of alkyl halides is 6. The van der Waals surface area contributed by atoms with Gasteiger partial charge in [0.1, 0.15) is 5.76 Å². The molecule has 2 aromatic heterocycles. The van der Waals surface area contributed by atoms with E-state index in [0.717, 1.165) is 35.7 Å². The summed E-state index contributed by atoms with van der Waals surface area (Å²) in [5, 5.41) is 14.1. The zero-order chi connectivity index (χ0) is 39.8. The molecule has 4 aromatic rings. The molecule has 2 saturated heterocycles.